The Morgan fingerprint density at radius 3 is 2.85 bits per heavy atom. The van der Waals surface area contributed by atoms with Crippen molar-refractivity contribution in [3.05, 3.63) is 0 Å². The molecule has 0 aromatic rings. The molecule has 1 saturated heterocycles. The number of rotatable bonds is 4. The normalized spacial score (nSPS) is 28.4. The molecule has 0 bridgehead atoms. The first-order valence-electron chi connectivity index (χ1n) is 5.57. The average molecular weight is 185 g/mol. The fourth-order valence-corrected chi connectivity index (χ4v) is 1.93. The van der Waals surface area contributed by atoms with Gasteiger partial charge in [-0.3, -0.25) is 0 Å². The average Bonchev–Trinajstić information content (AvgIpc) is 2.19. The largest absolute Gasteiger partial charge is 0.381 e. The van der Waals surface area contributed by atoms with Crippen molar-refractivity contribution >= 4 is 0 Å². The van der Waals surface area contributed by atoms with Crippen molar-refractivity contribution in [3.63, 3.8) is 0 Å². The van der Waals surface area contributed by atoms with Gasteiger partial charge in [-0.25, -0.2) is 0 Å². The van der Waals surface area contributed by atoms with Gasteiger partial charge in [-0.1, -0.05) is 20.3 Å². The van der Waals surface area contributed by atoms with Crippen molar-refractivity contribution in [3.8, 4) is 0 Å². The van der Waals surface area contributed by atoms with E-state index < -0.39 is 0 Å². The molecule has 0 radical (unpaired) electrons. The van der Waals surface area contributed by atoms with Gasteiger partial charge in [0.05, 0.1) is 6.61 Å². The van der Waals surface area contributed by atoms with Gasteiger partial charge in [0, 0.05) is 12.6 Å². The minimum atomic E-state index is 0.357. The Morgan fingerprint density at radius 1 is 1.54 bits per heavy atom. The Bertz CT molecular complexity index is 132. The molecular formula is C11H23NO. The van der Waals surface area contributed by atoms with E-state index in [1.54, 1.807) is 0 Å². The predicted molar refractivity (Wildman–Crippen MR) is 55.6 cm³/mol. The van der Waals surface area contributed by atoms with E-state index >= 15 is 0 Å². The SMILES string of the molecule is CCC(C)CC(N)C1CCCOC1. The summed E-state index contributed by atoms with van der Waals surface area (Å²) >= 11 is 0. The highest BCUT2D eigenvalue weighted by molar-refractivity contribution is 4.76. The first-order chi connectivity index (χ1) is 6.24. The maximum Gasteiger partial charge on any atom is 0.0509 e. The molecule has 0 aliphatic carbocycles. The third-order valence-electron chi connectivity index (χ3n) is 3.17. The van der Waals surface area contributed by atoms with Crippen LogP contribution in [0.5, 0.6) is 0 Å². The lowest BCUT2D eigenvalue weighted by atomic mass is 9.87. The summed E-state index contributed by atoms with van der Waals surface area (Å²) in [6.07, 6.45) is 4.85. The summed E-state index contributed by atoms with van der Waals surface area (Å²) in [5.41, 5.74) is 6.14. The van der Waals surface area contributed by atoms with Gasteiger partial charge in [0.25, 0.3) is 0 Å². The summed E-state index contributed by atoms with van der Waals surface area (Å²) in [6, 6.07) is 0.357. The maximum atomic E-state index is 6.14. The third-order valence-corrected chi connectivity index (χ3v) is 3.17. The highest BCUT2D eigenvalue weighted by Gasteiger charge is 2.21. The lowest BCUT2D eigenvalue weighted by Gasteiger charge is -2.29. The van der Waals surface area contributed by atoms with Crippen LogP contribution in [0.25, 0.3) is 0 Å². The van der Waals surface area contributed by atoms with Crippen LogP contribution < -0.4 is 5.73 Å². The molecule has 0 amide bonds. The molecule has 2 N–H and O–H groups in total. The molecule has 1 heterocycles. The molecule has 1 aliphatic heterocycles. The molecule has 1 fully saturated rings. The molecule has 0 saturated carbocycles. The lowest BCUT2D eigenvalue weighted by molar-refractivity contribution is 0.0418. The topological polar surface area (TPSA) is 35.2 Å². The van der Waals surface area contributed by atoms with Crippen LogP contribution in [0.3, 0.4) is 0 Å². The zero-order valence-electron chi connectivity index (χ0n) is 8.96. The molecule has 1 aliphatic rings. The fourth-order valence-electron chi connectivity index (χ4n) is 1.93. The highest BCUT2D eigenvalue weighted by atomic mass is 16.5. The molecule has 0 aromatic carbocycles. The molecule has 3 unspecified atom stereocenters. The molecule has 78 valence electrons. The van der Waals surface area contributed by atoms with Gasteiger partial charge in [0.15, 0.2) is 0 Å². The molecular weight excluding hydrogens is 162 g/mol. The van der Waals surface area contributed by atoms with Gasteiger partial charge in [-0.05, 0) is 31.1 Å². The van der Waals surface area contributed by atoms with Crippen LogP contribution >= 0.6 is 0 Å². The van der Waals surface area contributed by atoms with Crippen molar-refractivity contribution < 1.29 is 4.74 Å². The summed E-state index contributed by atoms with van der Waals surface area (Å²) in [5.74, 6) is 1.37. The van der Waals surface area contributed by atoms with Gasteiger partial charge in [-0.2, -0.15) is 0 Å². The number of hydrogen-bond acceptors (Lipinski definition) is 2. The molecule has 2 nitrogen and oxygen atoms in total. The quantitative estimate of drug-likeness (QED) is 0.728. The van der Waals surface area contributed by atoms with Gasteiger partial charge in [-0.15, -0.1) is 0 Å². The molecule has 13 heavy (non-hydrogen) atoms. The fraction of sp³-hybridized carbons (Fsp3) is 1.00. The summed E-state index contributed by atoms with van der Waals surface area (Å²) in [7, 11) is 0. The van der Waals surface area contributed by atoms with Gasteiger partial charge in [0.2, 0.25) is 0 Å². The summed E-state index contributed by atoms with van der Waals surface area (Å²) in [4.78, 5) is 0. The Morgan fingerprint density at radius 2 is 2.31 bits per heavy atom. The predicted octanol–water partition coefficient (Wildman–Crippen LogP) is 2.18. The second-order valence-corrected chi connectivity index (χ2v) is 4.39. The molecule has 2 heteroatoms. The standard InChI is InChI=1S/C11H23NO/c1-3-9(2)7-11(12)10-5-4-6-13-8-10/h9-11H,3-8,12H2,1-2H3. The second kappa shape index (κ2) is 5.61. The van der Waals surface area contributed by atoms with E-state index in [4.69, 9.17) is 10.5 Å². The summed E-state index contributed by atoms with van der Waals surface area (Å²) < 4.78 is 5.44. The first kappa shape index (κ1) is 11.0. The van der Waals surface area contributed by atoms with E-state index in [9.17, 15) is 0 Å². The van der Waals surface area contributed by atoms with Crippen LogP contribution in [0.2, 0.25) is 0 Å². The Hall–Kier alpha value is -0.0800. The second-order valence-electron chi connectivity index (χ2n) is 4.39. The van der Waals surface area contributed by atoms with Crippen LogP contribution in [-0.2, 0) is 4.74 Å². The molecule has 3 atom stereocenters. The lowest BCUT2D eigenvalue weighted by Crippen LogP contribution is -2.36. The third kappa shape index (κ3) is 3.65. The van der Waals surface area contributed by atoms with Crippen molar-refractivity contribution in [1.82, 2.24) is 0 Å². The minimum Gasteiger partial charge on any atom is -0.381 e. The van der Waals surface area contributed by atoms with Crippen LogP contribution in [0, 0.1) is 11.8 Å². The Kier molecular flexibility index (Phi) is 4.74. The van der Waals surface area contributed by atoms with Crippen molar-refractivity contribution in [2.24, 2.45) is 17.6 Å². The van der Waals surface area contributed by atoms with Gasteiger partial charge in [0.1, 0.15) is 0 Å². The van der Waals surface area contributed by atoms with E-state index in [1.165, 1.54) is 19.3 Å². The zero-order valence-corrected chi connectivity index (χ0v) is 8.96. The highest BCUT2D eigenvalue weighted by Crippen LogP contribution is 2.21. The monoisotopic (exact) mass is 185 g/mol. The minimum absolute atomic E-state index is 0.357. The van der Waals surface area contributed by atoms with E-state index in [0.29, 0.717) is 12.0 Å². The van der Waals surface area contributed by atoms with Crippen LogP contribution in [0.4, 0.5) is 0 Å². The maximum absolute atomic E-state index is 6.14. The molecule has 1 rings (SSSR count). The molecule has 0 aromatic heterocycles. The van der Waals surface area contributed by atoms with Crippen molar-refractivity contribution in [2.45, 2.75) is 45.6 Å². The first-order valence-corrected chi connectivity index (χ1v) is 5.57. The smallest absolute Gasteiger partial charge is 0.0509 e. The number of hydrogen-bond donors (Lipinski definition) is 1. The van der Waals surface area contributed by atoms with Crippen molar-refractivity contribution in [1.29, 1.82) is 0 Å². The van der Waals surface area contributed by atoms with Gasteiger partial charge >= 0.3 is 0 Å². The Balaban J connectivity index is 2.24. The zero-order chi connectivity index (χ0) is 9.68. The van der Waals surface area contributed by atoms with E-state index in [1.807, 2.05) is 0 Å². The number of nitrogens with two attached hydrogens (primary N) is 1. The van der Waals surface area contributed by atoms with Crippen LogP contribution in [0.1, 0.15) is 39.5 Å². The number of ether oxygens (including phenoxy) is 1. The van der Waals surface area contributed by atoms with Crippen LogP contribution in [0.15, 0.2) is 0 Å². The van der Waals surface area contributed by atoms with E-state index in [-0.39, 0.29) is 0 Å². The Labute approximate surface area is 81.8 Å². The van der Waals surface area contributed by atoms with Gasteiger partial charge < -0.3 is 10.5 Å². The summed E-state index contributed by atoms with van der Waals surface area (Å²) in [6.45, 7) is 6.34. The van der Waals surface area contributed by atoms with E-state index in [0.717, 1.165) is 25.6 Å². The molecule has 0 spiro atoms. The van der Waals surface area contributed by atoms with Crippen molar-refractivity contribution in [2.75, 3.05) is 13.2 Å². The van der Waals surface area contributed by atoms with E-state index in [2.05, 4.69) is 13.8 Å². The summed E-state index contributed by atoms with van der Waals surface area (Å²) in [5, 5.41) is 0. The van der Waals surface area contributed by atoms with Crippen LogP contribution in [-0.4, -0.2) is 19.3 Å².